The number of hydrogen-bond donors (Lipinski definition) is 0. The second-order valence-electron chi connectivity index (χ2n) is 4.65. The molecule has 2 atom stereocenters. The van der Waals surface area contributed by atoms with Crippen molar-refractivity contribution >= 4 is 0 Å². The van der Waals surface area contributed by atoms with E-state index >= 15 is 0 Å². The van der Waals surface area contributed by atoms with E-state index in [-0.39, 0.29) is 6.29 Å². The maximum absolute atomic E-state index is 5.72. The van der Waals surface area contributed by atoms with Crippen LogP contribution in [0.1, 0.15) is 71.8 Å². The summed E-state index contributed by atoms with van der Waals surface area (Å²) in [6, 6.07) is 8.47. The van der Waals surface area contributed by atoms with Gasteiger partial charge in [-0.15, -0.1) is 0 Å². The van der Waals surface area contributed by atoms with E-state index in [1.165, 1.54) is 24.8 Å². The molecular weight excluding hydrogens is 248 g/mol. The maximum atomic E-state index is 5.72. The fourth-order valence-electron chi connectivity index (χ4n) is 2.22. The molecule has 1 rings (SSSR count). The first-order valence-corrected chi connectivity index (χ1v) is 8.04. The first-order valence-electron chi connectivity index (χ1n) is 8.04. The van der Waals surface area contributed by atoms with Crippen LogP contribution in [0.4, 0.5) is 0 Å². The number of rotatable bonds is 8. The van der Waals surface area contributed by atoms with Gasteiger partial charge in [0.05, 0.1) is 0 Å². The molecule has 0 spiro atoms. The summed E-state index contributed by atoms with van der Waals surface area (Å²) in [5.41, 5.74) is 1.41. The SMILES string of the molecule is CC.CCCC(CC)c1ccc(OC(CC)OC)cc1. The first kappa shape index (κ1) is 19.0. The van der Waals surface area contributed by atoms with Crippen LogP contribution in [-0.2, 0) is 4.74 Å². The van der Waals surface area contributed by atoms with E-state index in [1.807, 2.05) is 13.8 Å². The van der Waals surface area contributed by atoms with Crippen LogP contribution in [0.3, 0.4) is 0 Å². The van der Waals surface area contributed by atoms with E-state index in [4.69, 9.17) is 9.47 Å². The van der Waals surface area contributed by atoms with Gasteiger partial charge in [0, 0.05) is 13.5 Å². The lowest BCUT2D eigenvalue weighted by molar-refractivity contribution is -0.0548. The summed E-state index contributed by atoms with van der Waals surface area (Å²) in [6.07, 6.45) is 4.40. The fourth-order valence-corrected chi connectivity index (χ4v) is 2.22. The van der Waals surface area contributed by atoms with Gasteiger partial charge in [0.2, 0.25) is 0 Å². The van der Waals surface area contributed by atoms with Crippen molar-refractivity contribution in [2.45, 2.75) is 72.5 Å². The molecule has 0 amide bonds. The normalized spacial score (nSPS) is 13.1. The van der Waals surface area contributed by atoms with Gasteiger partial charge in [0.1, 0.15) is 5.75 Å². The third-order valence-electron chi connectivity index (χ3n) is 3.35. The predicted octanol–water partition coefficient (Wildman–Crippen LogP) is 5.77. The standard InChI is InChI=1S/C16H26O2.C2H6/c1-5-8-13(6-2)14-9-11-15(12-10-14)18-16(7-3)17-4;1-2/h9-13,16H,5-8H2,1-4H3;1-2H3. The van der Waals surface area contributed by atoms with E-state index in [0.717, 1.165) is 12.2 Å². The summed E-state index contributed by atoms with van der Waals surface area (Å²) in [4.78, 5) is 0. The molecule has 0 heterocycles. The summed E-state index contributed by atoms with van der Waals surface area (Å²) >= 11 is 0. The highest BCUT2D eigenvalue weighted by atomic mass is 16.7. The lowest BCUT2D eigenvalue weighted by Crippen LogP contribution is -2.17. The Morgan fingerprint density at radius 2 is 1.55 bits per heavy atom. The zero-order valence-electron chi connectivity index (χ0n) is 14.1. The molecule has 2 nitrogen and oxygen atoms in total. The van der Waals surface area contributed by atoms with E-state index in [0.29, 0.717) is 5.92 Å². The Kier molecular flexibility index (Phi) is 11.2. The van der Waals surface area contributed by atoms with Crippen molar-refractivity contribution in [3.8, 4) is 5.75 Å². The second-order valence-corrected chi connectivity index (χ2v) is 4.65. The highest BCUT2D eigenvalue weighted by Crippen LogP contribution is 2.26. The van der Waals surface area contributed by atoms with Gasteiger partial charge in [-0.1, -0.05) is 53.2 Å². The molecule has 1 aromatic carbocycles. The molecule has 0 aliphatic carbocycles. The van der Waals surface area contributed by atoms with Gasteiger partial charge < -0.3 is 9.47 Å². The van der Waals surface area contributed by atoms with Crippen molar-refractivity contribution < 1.29 is 9.47 Å². The number of methoxy groups -OCH3 is 1. The van der Waals surface area contributed by atoms with Gasteiger partial charge in [-0.05, 0) is 36.5 Å². The second kappa shape index (κ2) is 11.8. The third-order valence-corrected chi connectivity index (χ3v) is 3.35. The molecule has 116 valence electrons. The Morgan fingerprint density at radius 3 is 1.95 bits per heavy atom. The molecule has 2 unspecified atom stereocenters. The first-order chi connectivity index (χ1) is 9.74. The van der Waals surface area contributed by atoms with Crippen LogP contribution in [0.25, 0.3) is 0 Å². The molecule has 2 heteroatoms. The molecule has 0 N–H and O–H groups in total. The van der Waals surface area contributed by atoms with Crippen molar-refractivity contribution in [1.82, 2.24) is 0 Å². The minimum atomic E-state index is -0.145. The number of benzene rings is 1. The maximum Gasteiger partial charge on any atom is 0.199 e. The average molecular weight is 280 g/mol. The van der Waals surface area contributed by atoms with Crippen molar-refractivity contribution in [2.24, 2.45) is 0 Å². The lowest BCUT2D eigenvalue weighted by atomic mass is 9.92. The van der Waals surface area contributed by atoms with Crippen LogP contribution in [0.2, 0.25) is 0 Å². The quantitative estimate of drug-likeness (QED) is 0.563. The van der Waals surface area contributed by atoms with Crippen LogP contribution >= 0.6 is 0 Å². The molecular formula is C18H32O2. The van der Waals surface area contributed by atoms with Gasteiger partial charge in [0.25, 0.3) is 0 Å². The van der Waals surface area contributed by atoms with Gasteiger partial charge in [-0.2, -0.15) is 0 Å². The zero-order valence-corrected chi connectivity index (χ0v) is 14.1. The lowest BCUT2D eigenvalue weighted by Gasteiger charge is -2.17. The van der Waals surface area contributed by atoms with Crippen LogP contribution < -0.4 is 4.74 Å². The summed E-state index contributed by atoms with van der Waals surface area (Å²) in [7, 11) is 1.68. The molecule has 1 aromatic rings. The molecule has 20 heavy (non-hydrogen) atoms. The highest BCUT2D eigenvalue weighted by molar-refractivity contribution is 5.29. The van der Waals surface area contributed by atoms with Crippen LogP contribution in [0.15, 0.2) is 24.3 Å². The smallest absolute Gasteiger partial charge is 0.199 e. The molecule has 0 aliphatic heterocycles. The molecule has 0 bridgehead atoms. The summed E-state index contributed by atoms with van der Waals surface area (Å²) in [5, 5.41) is 0. The number of ether oxygens (including phenoxy) is 2. The topological polar surface area (TPSA) is 18.5 Å². The van der Waals surface area contributed by atoms with Crippen LogP contribution in [-0.4, -0.2) is 13.4 Å². The molecule has 0 fully saturated rings. The average Bonchev–Trinajstić information content (AvgIpc) is 2.53. The third kappa shape index (κ3) is 6.42. The largest absolute Gasteiger partial charge is 0.465 e. The summed E-state index contributed by atoms with van der Waals surface area (Å²) in [6.45, 7) is 10.5. The van der Waals surface area contributed by atoms with Gasteiger partial charge in [-0.25, -0.2) is 0 Å². The highest BCUT2D eigenvalue weighted by Gasteiger charge is 2.09. The zero-order chi connectivity index (χ0) is 15.4. The molecule has 0 saturated carbocycles. The number of hydrogen-bond acceptors (Lipinski definition) is 2. The Balaban J connectivity index is 0.00000172. The molecule has 0 radical (unpaired) electrons. The Bertz CT molecular complexity index is 315. The fraction of sp³-hybridized carbons (Fsp3) is 0.667. The van der Waals surface area contributed by atoms with Crippen LogP contribution in [0.5, 0.6) is 5.75 Å². The summed E-state index contributed by atoms with van der Waals surface area (Å²) < 4.78 is 10.9. The summed E-state index contributed by atoms with van der Waals surface area (Å²) in [5.74, 6) is 1.56. The van der Waals surface area contributed by atoms with E-state index < -0.39 is 0 Å². The Morgan fingerprint density at radius 1 is 0.950 bits per heavy atom. The van der Waals surface area contributed by atoms with E-state index in [2.05, 4.69) is 45.0 Å². The monoisotopic (exact) mass is 280 g/mol. The minimum Gasteiger partial charge on any atom is -0.465 e. The van der Waals surface area contributed by atoms with Crippen molar-refractivity contribution in [3.63, 3.8) is 0 Å². The van der Waals surface area contributed by atoms with Crippen LogP contribution in [0, 0.1) is 0 Å². The molecule has 0 aliphatic rings. The van der Waals surface area contributed by atoms with E-state index in [9.17, 15) is 0 Å². The predicted molar refractivity (Wildman–Crippen MR) is 87.4 cm³/mol. The minimum absolute atomic E-state index is 0.145. The van der Waals surface area contributed by atoms with Gasteiger partial charge in [0.15, 0.2) is 6.29 Å². The van der Waals surface area contributed by atoms with Crippen molar-refractivity contribution in [2.75, 3.05) is 7.11 Å². The van der Waals surface area contributed by atoms with Crippen molar-refractivity contribution in [3.05, 3.63) is 29.8 Å². The van der Waals surface area contributed by atoms with Crippen molar-refractivity contribution in [1.29, 1.82) is 0 Å². The van der Waals surface area contributed by atoms with Gasteiger partial charge in [-0.3, -0.25) is 0 Å². The molecule has 0 aromatic heterocycles. The Labute approximate surface area is 125 Å². The van der Waals surface area contributed by atoms with E-state index in [1.54, 1.807) is 7.11 Å². The molecule has 0 saturated heterocycles. The van der Waals surface area contributed by atoms with Gasteiger partial charge >= 0.3 is 0 Å². The Hall–Kier alpha value is -1.02.